The predicted octanol–water partition coefficient (Wildman–Crippen LogP) is 1.87. The fourth-order valence-electron chi connectivity index (χ4n) is 7.01. The molecule has 228 valence electrons. The van der Waals surface area contributed by atoms with Crippen molar-refractivity contribution in [1.29, 1.82) is 5.26 Å². The Kier molecular flexibility index (Phi) is 7.71. The molecule has 1 aliphatic carbocycles. The Morgan fingerprint density at radius 2 is 2.09 bits per heavy atom. The first-order valence-corrected chi connectivity index (χ1v) is 14.3. The van der Waals surface area contributed by atoms with E-state index in [-0.39, 0.29) is 31.2 Å². The number of carbonyl (C=O) groups excluding carboxylic acids is 4. The number of nitriles is 1. The minimum absolute atomic E-state index is 0.109. The number of alkyl halides is 1. The summed E-state index contributed by atoms with van der Waals surface area (Å²) in [5.74, 6) is 0.00887. The topological polar surface area (TPSA) is 154 Å². The highest BCUT2D eigenvalue weighted by Crippen LogP contribution is 2.47. The van der Waals surface area contributed by atoms with E-state index in [2.05, 4.69) is 27.6 Å². The molecule has 4 amide bonds. The molecular weight excluding hydrogens is 559 g/mol. The van der Waals surface area contributed by atoms with Gasteiger partial charge in [0, 0.05) is 19.2 Å². The number of nitrogens with zero attached hydrogens (tertiary/aromatic N) is 4. The summed E-state index contributed by atoms with van der Waals surface area (Å²) in [6.45, 7) is 4.82. The van der Waals surface area contributed by atoms with Gasteiger partial charge in [-0.1, -0.05) is 12.8 Å². The monoisotopic (exact) mass is 594 g/mol. The number of pyridine rings is 1. The predicted molar refractivity (Wildman–Crippen MR) is 150 cm³/mol. The second kappa shape index (κ2) is 11.0. The highest BCUT2D eigenvalue weighted by Gasteiger charge is 2.60. The molecule has 2 saturated heterocycles. The van der Waals surface area contributed by atoms with E-state index in [9.17, 15) is 24.4 Å². The van der Waals surface area contributed by atoms with Crippen LogP contribution in [0.2, 0.25) is 0 Å². The molecule has 1 saturated carbocycles. The fourth-order valence-corrected chi connectivity index (χ4v) is 7.01. The zero-order valence-electron chi connectivity index (χ0n) is 24.5. The lowest BCUT2D eigenvalue weighted by Gasteiger charge is -2.40. The van der Waals surface area contributed by atoms with Crippen LogP contribution < -0.4 is 15.4 Å². The third kappa shape index (κ3) is 5.01. The van der Waals surface area contributed by atoms with Crippen molar-refractivity contribution in [3.05, 3.63) is 18.3 Å². The molecule has 1 spiro atoms. The van der Waals surface area contributed by atoms with Crippen LogP contribution in [-0.2, 0) is 19.1 Å². The van der Waals surface area contributed by atoms with Gasteiger partial charge in [-0.25, -0.2) is 14.2 Å². The van der Waals surface area contributed by atoms with Crippen LogP contribution in [0.15, 0.2) is 18.3 Å². The van der Waals surface area contributed by atoms with Gasteiger partial charge >= 0.3 is 6.09 Å². The average Bonchev–Trinajstić information content (AvgIpc) is 3.57. The van der Waals surface area contributed by atoms with Gasteiger partial charge in [-0.3, -0.25) is 14.4 Å². The van der Waals surface area contributed by atoms with Crippen molar-refractivity contribution in [2.75, 3.05) is 25.5 Å². The number of nitrogens with one attached hydrogen (secondary N) is 2. The molecule has 1 aromatic heterocycles. The molecule has 0 radical (unpaired) electrons. The van der Waals surface area contributed by atoms with Gasteiger partial charge in [0.2, 0.25) is 17.4 Å². The van der Waals surface area contributed by atoms with Crippen molar-refractivity contribution < 1.29 is 33.0 Å². The number of amides is 4. The molecule has 3 fully saturated rings. The molecule has 4 heterocycles. The molecule has 43 heavy (non-hydrogen) atoms. The van der Waals surface area contributed by atoms with Crippen LogP contribution in [-0.4, -0.2) is 88.7 Å². The number of terminal acetylenes is 1. The summed E-state index contributed by atoms with van der Waals surface area (Å²) in [5.41, 5.74) is -2.73. The summed E-state index contributed by atoms with van der Waals surface area (Å²) in [6.07, 6.45) is 5.82. The normalized spacial score (nSPS) is 31.9. The van der Waals surface area contributed by atoms with E-state index in [1.165, 1.54) is 16.0 Å². The number of likely N-dealkylation sites (tertiary alicyclic amines) is 2. The van der Waals surface area contributed by atoms with E-state index in [0.717, 1.165) is 7.11 Å². The number of rotatable bonds is 4. The summed E-state index contributed by atoms with van der Waals surface area (Å²) >= 11 is 0. The van der Waals surface area contributed by atoms with E-state index < -0.39 is 71.0 Å². The Bertz CT molecular complexity index is 1420. The molecule has 5 rings (SSSR count). The van der Waals surface area contributed by atoms with Crippen molar-refractivity contribution in [2.45, 2.75) is 69.9 Å². The van der Waals surface area contributed by atoms with Gasteiger partial charge in [-0.05, 0) is 56.6 Å². The van der Waals surface area contributed by atoms with Crippen molar-refractivity contribution in [2.24, 2.45) is 23.2 Å². The number of hydrogen-bond donors (Lipinski definition) is 2. The van der Waals surface area contributed by atoms with Gasteiger partial charge in [-0.2, -0.15) is 5.26 Å². The van der Waals surface area contributed by atoms with E-state index in [4.69, 9.17) is 15.9 Å². The molecule has 2 N–H and O–H groups in total. The molecule has 12 nitrogen and oxygen atoms in total. The Hall–Kier alpha value is -4.39. The van der Waals surface area contributed by atoms with Gasteiger partial charge < -0.3 is 29.9 Å². The van der Waals surface area contributed by atoms with Gasteiger partial charge in [0.15, 0.2) is 11.6 Å². The third-order valence-corrected chi connectivity index (χ3v) is 9.47. The zero-order chi connectivity index (χ0) is 31.3. The minimum Gasteiger partial charge on any atom is -0.472 e. The number of fused-ring (bicyclic) bond motifs is 2. The summed E-state index contributed by atoms with van der Waals surface area (Å²) in [7, 11) is 1.16. The zero-order valence-corrected chi connectivity index (χ0v) is 24.5. The molecule has 3 aliphatic heterocycles. The number of aromatic nitrogens is 1. The van der Waals surface area contributed by atoms with Crippen LogP contribution >= 0.6 is 0 Å². The maximum atomic E-state index is 15.1. The molecule has 0 bridgehead atoms. The van der Waals surface area contributed by atoms with E-state index in [0.29, 0.717) is 18.6 Å². The maximum Gasteiger partial charge on any atom is 0.407 e. The number of halogens is 1. The van der Waals surface area contributed by atoms with Crippen LogP contribution in [0.4, 0.5) is 15.0 Å². The largest absolute Gasteiger partial charge is 0.472 e. The minimum atomic E-state index is -1.56. The summed E-state index contributed by atoms with van der Waals surface area (Å²) in [5, 5.41) is 15.3. The SMILES string of the molecule is C#CC(C)(C)[C@H](NC(=O)OC)C(=O)N1C[C@@H]2CC[C@@H](F)[C@@H](C)[C@@H]2[C@H]1C(=O)N1C[C@@]2(C[C@H]1C#N)Oc1cccnc1NC2=O. The summed E-state index contributed by atoms with van der Waals surface area (Å²) in [6, 6.07) is 1.91. The van der Waals surface area contributed by atoms with E-state index in [1.807, 2.05) is 0 Å². The Labute approximate surface area is 249 Å². The molecular formula is C30H35FN6O6. The Morgan fingerprint density at radius 3 is 2.77 bits per heavy atom. The lowest BCUT2D eigenvalue weighted by Crippen LogP contribution is -2.60. The molecule has 13 heteroatoms. The molecule has 0 unspecified atom stereocenters. The second-order valence-electron chi connectivity index (χ2n) is 12.4. The van der Waals surface area contributed by atoms with Crippen LogP contribution in [0.5, 0.6) is 5.75 Å². The first-order chi connectivity index (χ1) is 20.4. The molecule has 0 aromatic carbocycles. The molecule has 1 aromatic rings. The van der Waals surface area contributed by atoms with Crippen molar-refractivity contribution in [3.8, 4) is 24.2 Å². The first-order valence-electron chi connectivity index (χ1n) is 14.3. The summed E-state index contributed by atoms with van der Waals surface area (Å²) in [4.78, 5) is 61.1. The van der Waals surface area contributed by atoms with Gasteiger partial charge in [0.25, 0.3) is 5.91 Å². The van der Waals surface area contributed by atoms with E-state index in [1.54, 1.807) is 32.9 Å². The van der Waals surface area contributed by atoms with Crippen LogP contribution in [0.1, 0.15) is 40.0 Å². The quantitative estimate of drug-likeness (QED) is 0.501. The number of hydrogen-bond acceptors (Lipinski definition) is 8. The number of ether oxygens (including phenoxy) is 2. The number of alkyl carbamates (subject to hydrolysis) is 1. The van der Waals surface area contributed by atoms with Crippen LogP contribution in [0.25, 0.3) is 0 Å². The van der Waals surface area contributed by atoms with Gasteiger partial charge in [-0.15, -0.1) is 6.42 Å². The highest BCUT2D eigenvalue weighted by molar-refractivity contribution is 6.01. The number of methoxy groups -OCH3 is 1. The van der Waals surface area contributed by atoms with Crippen molar-refractivity contribution >= 4 is 29.6 Å². The standard InChI is InChI=1S/C30H35FN6O6/c1-6-29(3,4)23(34-28(41)42-5)26(39)36-14-17-9-10-19(31)16(2)21(17)22(36)25(38)37-15-30(12-18(37)13-32)27(40)35-24-20(43-30)8-7-11-33-24/h1,7-8,11,16-19,21-23H,9-10,12,14-15H2,2-5H3,(H,34,41)(H,33,35,40)/t16-,17+,18+,19-,21+,22+,23-,30-/m1/s1. The third-order valence-electron chi connectivity index (χ3n) is 9.47. The fraction of sp³-hybridized carbons (Fsp3) is 0.600. The average molecular weight is 595 g/mol. The smallest absolute Gasteiger partial charge is 0.407 e. The van der Waals surface area contributed by atoms with Crippen molar-refractivity contribution in [3.63, 3.8) is 0 Å². The lowest BCUT2D eigenvalue weighted by molar-refractivity contribution is -0.148. The molecule has 8 atom stereocenters. The highest BCUT2D eigenvalue weighted by atomic mass is 19.1. The van der Waals surface area contributed by atoms with Gasteiger partial charge in [0.1, 0.15) is 24.3 Å². The van der Waals surface area contributed by atoms with E-state index >= 15 is 4.39 Å². The number of anilines is 1. The Morgan fingerprint density at radius 1 is 1.35 bits per heavy atom. The number of carbonyl (C=O) groups is 4. The second-order valence-corrected chi connectivity index (χ2v) is 12.4. The van der Waals surface area contributed by atoms with Gasteiger partial charge in [0.05, 0.1) is 25.1 Å². The Balaban J connectivity index is 1.52. The molecule has 4 aliphatic rings. The first kappa shape index (κ1) is 30.1. The lowest BCUT2D eigenvalue weighted by atomic mass is 9.70. The summed E-state index contributed by atoms with van der Waals surface area (Å²) < 4.78 is 26.0. The van der Waals surface area contributed by atoms with Crippen LogP contribution in [0.3, 0.4) is 0 Å². The van der Waals surface area contributed by atoms with Crippen molar-refractivity contribution in [1.82, 2.24) is 20.1 Å². The maximum absolute atomic E-state index is 15.1. The van der Waals surface area contributed by atoms with Crippen LogP contribution in [0, 0.1) is 46.8 Å².